The Kier molecular flexibility index (Phi) is 2.94. The highest BCUT2D eigenvalue weighted by molar-refractivity contribution is 5.61. The van der Waals surface area contributed by atoms with Gasteiger partial charge >= 0.3 is 0 Å². The van der Waals surface area contributed by atoms with Gasteiger partial charge in [-0.15, -0.1) is 5.16 Å². The summed E-state index contributed by atoms with van der Waals surface area (Å²) in [6.45, 7) is 4.48. The van der Waals surface area contributed by atoms with E-state index in [2.05, 4.69) is 29.1 Å². The Morgan fingerprint density at radius 3 is 2.89 bits per heavy atom. The molecule has 0 aromatic carbocycles. The Bertz CT molecular complexity index is 462. The van der Waals surface area contributed by atoms with Gasteiger partial charge in [0.05, 0.1) is 0 Å². The van der Waals surface area contributed by atoms with Crippen LogP contribution in [0.15, 0.2) is 17.3 Å². The predicted octanol–water partition coefficient (Wildman–Crippen LogP) is 2.10. The van der Waals surface area contributed by atoms with Crippen molar-refractivity contribution in [3.8, 4) is 0 Å². The number of rotatable bonds is 4. The molecule has 1 aromatic heterocycles. The molecular formula is C14H19N3O. The van der Waals surface area contributed by atoms with E-state index in [9.17, 15) is 0 Å². The second kappa shape index (κ2) is 4.59. The maximum atomic E-state index is 8.49. The average Bonchev–Trinajstić information content (AvgIpc) is 3.02. The number of nitrogens with zero attached hydrogens (tertiary/aromatic N) is 3. The highest BCUT2D eigenvalue weighted by Gasteiger charge is 2.45. The molecule has 1 aromatic rings. The summed E-state index contributed by atoms with van der Waals surface area (Å²) in [6.07, 6.45) is 4.50. The number of oxime groups is 1. The van der Waals surface area contributed by atoms with Crippen molar-refractivity contribution >= 4 is 12.0 Å². The maximum absolute atomic E-state index is 8.49. The van der Waals surface area contributed by atoms with Gasteiger partial charge in [0.1, 0.15) is 5.82 Å². The second-order valence-electron chi connectivity index (χ2n) is 5.29. The summed E-state index contributed by atoms with van der Waals surface area (Å²) in [5, 5.41) is 11.6. The molecular weight excluding hydrogens is 226 g/mol. The van der Waals surface area contributed by atoms with Gasteiger partial charge in [0, 0.05) is 31.4 Å². The van der Waals surface area contributed by atoms with Crippen molar-refractivity contribution in [2.45, 2.75) is 26.2 Å². The van der Waals surface area contributed by atoms with Crippen molar-refractivity contribution in [2.75, 3.05) is 18.0 Å². The fraction of sp³-hybridized carbons (Fsp3) is 0.571. The van der Waals surface area contributed by atoms with Crippen molar-refractivity contribution in [1.29, 1.82) is 0 Å². The summed E-state index contributed by atoms with van der Waals surface area (Å²) in [7, 11) is 0. The minimum Gasteiger partial charge on any atom is -0.411 e. The normalized spacial score (nSPS) is 25.7. The first-order valence-electron chi connectivity index (χ1n) is 6.71. The fourth-order valence-corrected chi connectivity index (χ4v) is 2.91. The van der Waals surface area contributed by atoms with Crippen molar-refractivity contribution in [3.05, 3.63) is 23.4 Å². The molecule has 0 radical (unpaired) electrons. The standard InChI is InChI=1S/C14H19N3O/c1-2-13-10(5-6-15-18)3-4-14(16-13)17-8-11-7-12(11)9-17/h3-4,6,11-12,18H,2,5,7-9H2,1H3. The molecule has 2 aliphatic rings. The molecule has 96 valence electrons. The number of aryl methyl sites for hydroxylation is 1. The van der Waals surface area contributed by atoms with E-state index in [0.717, 1.165) is 35.3 Å². The fourth-order valence-electron chi connectivity index (χ4n) is 2.91. The minimum absolute atomic E-state index is 0.651. The lowest BCUT2D eigenvalue weighted by atomic mass is 10.1. The Balaban J connectivity index is 1.79. The van der Waals surface area contributed by atoms with Crippen LogP contribution in [0, 0.1) is 11.8 Å². The molecule has 3 rings (SSSR count). The number of aromatic nitrogens is 1. The molecule has 1 aliphatic heterocycles. The molecule has 0 spiro atoms. The van der Waals surface area contributed by atoms with E-state index in [1.54, 1.807) is 0 Å². The third kappa shape index (κ3) is 2.07. The molecule has 2 unspecified atom stereocenters. The van der Waals surface area contributed by atoms with E-state index >= 15 is 0 Å². The first-order valence-corrected chi connectivity index (χ1v) is 6.71. The summed E-state index contributed by atoms with van der Waals surface area (Å²) < 4.78 is 0. The zero-order valence-corrected chi connectivity index (χ0v) is 10.7. The monoisotopic (exact) mass is 245 g/mol. The Labute approximate surface area is 107 Å². The topological polar surface area (TPSA) is 48.7 Å². The quantitative estimate of drug-likeness (QED) is 0.502. The number of hydrogen-bond acceptors (Lipinski definition) is 4. The van der Waals surface area contributed by atoms with Crippen molar-refractivity contribution < 1.29 is 5.21 Å². The van der Waals surface area contributed by atoms with E-state index in [1.807, 2.05) is 0 Å². The third-order valence-corrected chi connectivity index (χ3v) is 4.08. The predicted molar refractivity (Wildman–Crippen MR) is 71.4 cm³/mol. The van der Waals surface area contributed by atoms with Gasteiger partial charge < -0.3 is 10.1 Å². The molecule has 2 heterocycles. The van der Waals surface area contributed by atoms with Crippen LogP contribution in [0.2, 0.25) is 0 Å². The summed E-state index contributed by atoms with van der Waals surface area (Å²) >= 11 is 0. The zero-order valence-electron chi connectivity index (χ0n) is 10.7. The smallest absolute Gasteiger partial charge is 0.128 e. The first-order chi connectivity index (χ1) is 8.81. The average molecular weight is 245 g/mol. The largest absolute Gasteiger partial charge is 0.411 e. The van der Waals surface area contributed by atoms with E-state index in [-0.39, 0.29) is 0 Å². The second-order valence-corrected chi connectivity index (χ2v) is 5.29. The van der Waals surface area contributed by atoms with Gasteiger partial charge in [0.25, 0.3) is 0 Å². The van der Waals surface area contributed by atoms with Gasteiger partial charge in [0.15, 0.2) is 0 Å². The molecule has 0 amide bonds. The lowest BCUT2D eigenvalue weighted by Gasteiger charge is -2.20. The summed E-state index contributed by atoms with van der Waals surface area (Å²) in [6, 6.07) is 4.22. The lowest BCUT2D eigenvalue weighted by Crippen LogP contribution is -2.23. The SMILES string of the molecule is CCc1nc(N2CC3CC3C2)ccc1CC=NO. The number of pyridine rings is 1. The van der Waals surface area contributed by atoms with Crippen LogP contribution in [0.25, 0.3) is 0 Å². The van der Waals surface area contributed by atoms with Gasteiger partial charge in [-0.3, -0.25) is 0 Å². The van der Waals surface area contributed by atoms with Crippen molar-refractivity contribution in [3.63, 3.8) is 0 Å². The molecule has 18 heavy (non-hydrogen) atoms. The molecule has 2 atom stereocenters. The van der Waals surface area contributed by atoms with Crippen molar-refractivity contribution in [2.24, 2.45) is 17.0 Å². The van der Waals surface area contributed by atoms with Crippen molar-refractivity contribution in [1.82, 2.24) is 4.98 Å². The van der Waals surface area contributed by atoms with Crippen LogP contribution in [-0.4, -0.2) is 29.5 Å². The van der Waals surface area contributed by atoms with Crippen LogP contribution >= 0.6 is 0 Å². The molecule has 4 nitrogen and oxygen atoms in total. The van der Waals surface area contributed by atoms with E-state index in [4.69, 9.17) is 10.2 Å². The molecule has 0 bridgehead atoms. The van der Waals surface area contributed by atoms with E-state index in [1.165, 1.54) is 25.7 Å². The highest BCUT2D eigenvalue weighted by atomic mass is 16.4. The van der Waals surface area contributed by atoms with E-state index < -0.39 is 0 Å². The molecule has 1 N–H and O–H groups in total. The van der Waals surface area contributed by atoms with Gasteiger partial charge in [-0.25, -0.2) is 4.98 Å². The van der Waals surface area contributed by atoms with Crippen LogP contribution in [0.1, 0.15) is 24.6 Å². The number of anilines is 1. The number of fused-ring (bicyclic) bond motifs is 1. The molecule has 2 fully saturated rings. The molecule has 1 saturated carbocycles. The summed E-state index contributed by atoms with van der Waals surface area (Å²) in [5.41, 5.74) is 2.27. The maximum Gasteiger partial charge on any atom is 0.128 e. The van der Waals surface area contributed by atoms with Crippen LogP contribution in [-0.2, 0) is 12.8 Å². The number of piperidine rings is 1. The summed E-state index contributed by atoms with van der Waals surface area (Å²) in [4.78, 5) is 7.17. The zero-order chi connectivity index (χ0) is 12.5. The first kappa shape index (κ1) is 11.5. The Morgan fingerprint density at radius 2 is 2.22 bits per heavy atom. The van der Waals surface area contributed by atoms with Crippen LogP contribution < -0.4 is 4.90 Å². The molecule has 1 aliphatic carbocycles. The lowest BCUT2D eigenvalue weighted by molar-refractivity contribution is 0.321. The minimum atomic E-state index is 0.651. The highest BCUT2D eigenvalue weighted by Crippen LogP contribution is 2.45. The van der Waals surface area contributed by atoms with Gasteiger partial charge in [0.2, 0.25) is 0 Å². The summed E-state index contributed by atoms with van der Waals surface area (Å²) in [5.74, 6) is 2.97. The van der Waals surface area contributed by atoms with Gasteiger partial charge in [-0.2, -0.15) is 0 Å². The Hall–Kier alpha value is -1.58. The number of hydrogen-bond donors (Lipinski definition) is 1. The molecule has 4 heteroatoms. The Morgan fingerprint density at radius 1 is 1.44 bits per heavy atom. The van der Waals surface area contributed by atoms with Crippen LogP contribution in [0.4, 0.5) is 5.82 Å². The third-order valence-electron chi connectivity index (χ3n) is 4.08. The van der Waals surface area contributed by atoms with E-state index in [0.29, 0.717) is 6.42 Å². The van der Waals surface area contributed by atoms with Gasteiger partial charge in [-0.1, -0.05) is 13.0 Å². The van der Waals surface area contributed by atoms with Gasteiger partial charge in [-0.05, 0) is 36.3 Å². The molecule has 1 saturated heterocycles. The van der Waals surface area contributed by atoms with Crippen LogP contribution in [0.5, 0.6) is 0 Å². The van der Waals surface area contributed by atoms with Crippen LogP contribution in [0.3, 0.4) is 0 Å².